The van der Waals surface area contributed by atoms with Crippen LogP contribution in [0.5, 0.6) is 0 Å². The van der Waals surface area contributed by atoms with E-state index in [4.69, 9.17) is 11.0 Å². The zero-order valence-electron chi connectivity index (χ0n) is 16.1. The third-order valence-corrected chi connectivity index (χ3v) is 4.95. The van der Waals surface area contributed by atoms with E-state index in [0.717, 1.165) is 34.4 Å². The van der Waals surface area contributed by atoms with Crippen molar-refractivity contribution in [1.82, 2.24) is 14.9 Å². The van der Waals surface area contributed by atoms with E-state index in [1.54, 1.807) is 24.2 Å². The molecular weight excluding hydrogens is 354 g/mol. The van der Waals surface area contributed by atoms with Gasteiger partial charge in [-0.15, -0.1) is 0 Å². The van der Waals surface area contributed by atoms with E-state index in [1.165, 1.54) is 6.20 Å². The van der Waals surface area contributed by atoms with Gasteiger partial charge in [0.25, 0.3) is 0 Å². The summed E-state index contributed by atoms with van der Waals surface area (Å²) in [4.78, 5) is 26.0. The highest BCUT2D eigenvalue weighted by Crippen LogP contribution is 2.29. The number of nitriles is 1. The Morgan fingerprint density at radius 2 is 2.39 bits per heavy atom. The number of carbonyl (C=O) groups excluding carboxylic acids is 1. The van der Waals surface area contributed by atoms with Gasteiger partial charge in [-0.25, -0.2) is 4.98 Å². The molecule has 2 aromatic heterocycles. The number of nitrogens with zero attached hydrogens (tertiary/aromatic N) is 4. The Hall–Kier alpha value is -3.34. The molecule has 28 heavy (non-hydrogen) atoms. The van der Waals surface area contributed by atoms with Gasteiger partial charge < -0.3 is 20.9 Å². The number of likely N-dealkylation sites (tertiary alicyclic amines) is 1. The molecular formula is C20H25N7O. The average molecular weight is 379 g/mol. The maximum Gasteiger partial charge on any atom is 0.236 e. The number of piperidine rings is 1. The van der Waals surface area contributed by atoms with E-state index in [-0.39, 0.29) is 18.4 Å². The molecule has 146 valence electrons. The quantitative estimate of drug-likeness (QED) is 0.686. The van der Waals surface area contributed by atoms with Crippen LogP contribution in [0.15, 0.2) is 35.7 Å². The van der Waals surface area contributed by atoms with Crippen LogP contribution in [0.25, 0.3) is 11.0 Å². The predicted octanol–water partition coefficient (Wildman–Crippen LogP) is 2.02. The van der Waals surface area contributed by atoms with Crippen molar-refractivity contribution in [3.63, 3.8) is 0 Å². The SMILES string of the molecule is CN=C(C=CN)c1cnc2[nH]ccc2c1NC1CC(C)CN(C(=O)CC#N)C1. The topological polar surface area (TPSA) is 123 Å². The molecule has 0 saturated carbocycles. The second-order valence-corrected chi connectivity index (χ2v) is 7.07. The number of aromatic amines is 1. The summed E-state index contributed by atoms with van der Waals surface area (Å²) in [6.07, 6.45) is 7.66. The molecule has 4 N–H and O–H groups in total. The molecule has 1 aliphatic heterocycles. The van der Waals surface area contributed by atoms with E-state index in [1.807, 2.05) is 18.3 Å². The van der Waals surface area contributed by atoms with Crippen molar-refractivity contribution in [2.75, 3.05) is 25.5 Å². The number of hydrogen-bond acceptors (Lipinski definition) is 6. The van der Waals surface area contributed by atoms with Gasteiger partial charge in [0, 0.05) is 49.5 Å². The summed E-state index contributed by atoms with van der Waals surface area (Å²) < 4.78 is 0. The lowest BCUT2D eigenvalue weighted by Crippen LogP contribution is -2.48. The molecule has 8 nitrogen and oxygen atoms in total. The molecule has 0 aliphatic carbocycles. The Kier molecular flexibility index (Phi) is 5.94. The highest BCUT2D eigenvalue weighted by molar-refractivity contribution is 6.15. The van der Waals surface area contributed by atoms with Gasteiger partial charge in [-0.05, 0) is 30.7 Å². The highest BCUT2D eigenvalue weighted by Gasteiger charge is 2.28. The van der Waals surface area contributed by atoms with E-state index in [2.05, 4.69) is 27.2 Å². The first kappa shape index (κ1) is 19.4. The number of fused-ring (bicyclic) bond motifs is 1. The number of amides is 1. The molecule has 3 rings (SSSR count). The van der Waals surface area contributed by atoms with Crippen molar-refractivity contribution in [2.45, 2.75) is 25.8 Å². The third-order valence-electron chi connectivity index (χ3n) is 4.95. The van der Waals surface area contributed by atoms with Crippen molar-refractivity contribution in [1.29, 1.82) is 5.26 Å². The number of aliphatic imine (C=N–C) groups is 1. The van der Waals surface area contributed by atoms with Gasteiger partial charge in [-0.3, -0.25) is 9.79 Å². The fourth-order valence-corrected chi connectivity index (χ4v) is 3.78. The maximum atomic E-state index is 12.2. The molecule has 0 bridgehead atoms. The van der Waals surface area contributed by atoms with Crippen LogP contribution >= 0.6 is 0 Å². The summed E-state index contributed by atoms with van der Waals surface area (Å²) >= 11 is 0. The number of pyridine rings is 1. The number of nitrogens with two attached hydrogens (primary N) is 1. The first-order valence-corrected chi connectivity index (χ1v) is 9.30. The number of aromatic nitrogens is 2. The van der Waals surface area contributed by atoms with Gasteiger partial charge in [0.05, 0.1) is 17.5 Å². The van der Waals surface area contributed by atoms with Crippen molar-refractivity contribution < 1.29 is 4.79 Å². The number of rotatable bonds is 5. The molecule has 0 radical (unpaired) electrons. The number of nitrogens with one attached hydrogen (secondary N) is 2. The minimum atomic E-state index is -0.121. The minimum Gasteiger partial charge on any atom is -0.405 e. The summed E-state index contributed by atoms with van der Waals surface area (Å²) in [6, 6.07) is 3.98. The average Bonchev–Trinajstić information content (AvgIpc) is 3.15. The fourth-order valence-electron chi connectivity index (χ4n) is 3.78. The van der Waals surface area contributed by atoms with Gasteiger partial charge in [-0.2, -0.15) is 5.26 Å². The first-order valence-electron chi connectivity index (χ1n) is 9.30. The molecule has 3 heterocycles. The molecule has 2 atom stereocenters. The fraction of sp³-hybridized carbons (Fsp3) is 0.400. The summed E-state index contributed by atoms with van der Waals surface area (Å²) in [5.41, 5.74) is 8.86. The van der Waals surface area contributed by atoms with Gasteiger partial charge in [0.2, 0.25) is 5.91 Å². The van der Waals surface area contributed by atoms with E-state index in [0.29, 0.717) is 19.0 Å². The lowest BCUT2D eigenvalue weighted by Gasteiger charge is -2.37. The molecule has 1 fully saturated rings. The lowest BCUT2D eigenvalue weighted by molar-refractivity contribution is -0.132. The Labute approximate surface area is 164 Å². The van der Waals surface area contributed by atoms with E-state index in [9.17, 15) is 4.79 Å². The second kappa shape index (κ2) is 8.57. The van der Waals surface area contributed by atoms with Crippen LogP contribution in [0, 0.1) is 17.2 Å². The second-order valence-electron chi connectivity index (χ2n) is 7.07. The smallest absolute Gasteiger partial charge is 0.236 e. The Morgan fingerprint density at radius 1 is 1.57 bits per heavy atom. The zero-order chi connectivity index (χ0) is 20.1. The summed E-state index contributed by atoms with van der Waals surface area (Å²) in [5.74, 6) is 0.216. The Morgan fingerprint density at radius 3 is 3.11 bits per heavy atom. The summed E-state index contributed by atoms with van der Waals surface area (Å²) in [5, 5.41) is 13.4. The monoisotopic (exact) mass is 379 g/mol. The van der Waals surface area contributed by atoms with Crippen LogP contribution < -0.4 is 11.1 Å². The zero-order valence-corrected chi connectivity index (χ0v) is 16.1. The van der Waals surface area contributed by atoms with Crippen molar-refractivity contribution in [3.05, 3.63) is 36.3 Å². The Balaban J connectivity index is 1.95. The molecule has 2 unspecified atom stereocenters. The summed E-state index contributed by atoms with van der Waals surface area (Å²) in [7, 11) is 1.71. The number of allylic oxidation sites excluding steroid dienone is 1. The third kappa shape index (κ3) is 3.98. The van der Waals surface area contributed by atoms with Crippen LogP contribution in [0.2, 0.25) is 0 Å². The number of carbonyl (C=O) groups is 1. The summed E-state index contributed by atoms with van der Waals surface area (Å²) in [6.45, 7) is 3.36. The highest BCUT2D eigenvalue weighted by atomic mass is 16.2. The van der Waals surface area contributed by atoms with Crippen LogP contribution in [0.1, 0.15) is 25.3 Å². The van der Waals surface area contributed by atoms with Crippen LogP contribution in [-0.2, 0) is 4.79 Å². The van der Waals surface area contributed by atoms with Gasteiger partial charge in [0.15, 0.2) is 0 Å². The number of anilines is 1. The van der Waals surface area contributed by atoms with Crippen LogP contribution in [-0.4, -0.2) is 52.7 Å². The molecule has 0 aromatic carbocycles. The van der Waals surface area contributed by atoms with E-state index >= 15 is 0 Å². The number of H-pyrrole nitrogens is 1. The number of hydrogen-bond donors (Lipinski definition) is 3. The van der Waals surface area contributed by atoms with E-state index < -0.39 is 0 Å². The maximum absolute atomic E-state index is 12.2. The molecule has 1 aliphatic rings. The Bertz CT molecular complexity index is 953. The van der Waals surface area contributed by atoms with Crippen molar-refractivity contribution >= 4 is 28.3 Å². The van der Waals surface area contributed by atoms with Crippen molar-refractivity contribution in [2.24, 2.45) is 16.6 Å². The van der Waals surface area contributed by atoms with Crippen LogP contribution in [0.4, 0.5) is 5.69 Å². The molecule has 2 aromatic rings. The van der Waals surface area contributed by atoms with Gasteiger partial charge in [0.1, 0.15) is 12.1 Å². The predicted molar refractivity (Wildman–Crippen MR) is 110 cm³/mol. The van der Waals surface area contributed by atoms with Crippen LogP contribution in [0.3, 0.4) is 0 Å². The largest absolute Gasteiger partial charge is 0.405 e. The first-order chi connectivity index (χ1) is 13.6. The standard InChI is InChI=1S/C20H25N7O/c1-13-9-14(12-27(11-13)18(28)4-7-22)26-19-15-5-8-24-20(15)25-10-16(19)17(23-2)3-6-21/h3,5-6,8,10,13-14H,4,9,11-12,21H2,1-2H3,(H2,24,25,26). The van der Waals surface area contributed by atoms with Crippen molar-refractivity contribution in [3.8, 4) is 6.07 Å². The minimum absolute atomic E-state index is 0.0607. The lowest BCUT2D eigenvalue weighted by atomic mass is 9.94. The molecule has 1 saturated heterocycles. The molecule has 1 amide bonds. The molecule has 0 spiro atoms. The van der Waals surface area contributed by atoms with Gasteiger partial charge >= 0.3 is 0 Å². The van der Waals surface area contributed by atoms with Gasteiger partial charge in [-0.1, -0.05) is 6.92 Å². The normalized spacial score (nSPS) is 20.5. The molecule has 8 heteroatoms.